The number of rotatable bonds is 11. The molecule has 0 unspecified atom stereocenters. The first-order chi connectivity index (χ1) is 19.2. The summed E-state index contributed by atoms with van der Waals surface area (Å²) in [5.41, 5.74) is 2.89. The molecule has 7 nitrogen and oxygen atoms in total. The molecule has 0 amide bonds. The van der Waals surface area contributed by atoms with Gasteiger partial charge in [-0.1, -0.05) is 6.07 Å². The van der Waals surface area contributed by atoms with E-state index in [1.807, 2.05) is 13.8 Å². The van der Waals surface area contributed by atoms with E-state index >= 15 is 0 Å². The van der Waals surface area contributed by atoms with Crippen LogP contribution in [0.1, 0.15) is 46.6 Å². The third-order valence-corrected chi connectivity index (χ3v) is 8.94. The van der Waals surface area contributed by atoms with E-state index in [2.05, 4.69) is 4.98 Å². The van der Waals surface area contributed by atoms with E-state index in [1.165, 1.54) is 36.3 Å². The number of carboxylic acids is 1. The number of halogens is 3. The third kappa shape index (κ3) is 7.94. The van der Waals surface area contributed by atoms with Gasteiger partial charge in [-0.15, -0.1) is 11.8 Å². The molecule has 41 heavy (non-hydrogen) atoms. The number of aryl methyl sites for hydroxylation is 2. The summed E-state index contributed by atoms with van der Waals surface area (Å²) in [6.45, 7) is 3.53. The van der Waals surface area contributed by atoms with Crippen LogP contribution in [0.2, 0.25) is 0 Å². The lowest BCUT2D eigenvalue weighted by Gasteiger charge is -2.18. The molecule has 0 aliphatic carbocycles. The zero-order valence-corrected chi connectivity index (χ0v) is 24.4. The highest BCUT2D eigenvalue weighted by Gasteiger charge is 2.34. The number of hydrogen-bond acceptors (Lipinski definition) is 7. The number of nitrogens with zero attached hydrogens (tertiary/aromatic N) is 1. The second-order valence-corrected chi connectivity index (χ2v) is 13.4. The van der Waals surface area contributed by atoms with Gasteiger partial charge in [-0.25, -0.2) is 13.4 Å². The van der Waals surface area contributed by atoms with Gasteiger partial charge in [0.2, 0.25) is 5.88 Å². The van der Waals surface area contributed by atoms with Crippen LogP contribution in [-0.4, -0.2) is 48.8 Å². The number of benzene rings is 2. The van der Waals surface area contributed by atoms with Crippen molar-refractivity contribution in [3.63, 3.8) is 0 Å². The van der Waals surface area contributed by atoms with Gasteiger partial charge in [0.05, 0.1) is 24.3 Å². The van der Waals surface area contributed by atoms with Crippen molar-refractivity contribution in [2.45, 2.75) is 50.3 Å². The molecule has 4 rings (SSSR count). The predicted molar refractivity (Wildman–Crippen MR) is 150 cm³/mol. The van der Waals surface area contributed by atoms with Crippen molar-refractivity contribution < 1.29 is 41.0 Å². The summed E-state index contributed by atoms with van der Waals surface area (Å²) >= 11 is 1.47. The van der Waals surface area contributed by atoms with Crippen LogP contribution in [0, 0.1) is 13.8 Å². The van der Waals surface area contributed by atoms with Gasteiger partial charge in [0, 0.05) is 40.6 Å². The fraction of sp³-hybridized carbons (Fsp3) is 0.379. The molecule has 1 aliphatic rings. The van der Waals surface area contributed by atoms with Crippen molar-refractivity contribution >= 4 is 27.6 Å². The first kappa shape index (κ1) is 30.7. The summed E-state index contributed by atoms with van der Waals surface area (Å²) in [4.78, 5) is 16.1. The molecule has 0 saturated carbocycles. The van der Waals surface area contributed by atoms with Crippen LogP contribution >= 0.6 is 11.8 Å². The quantitative estimate of drug-likeness (QED) is 0.248. The number of carbonyl (C=O) groups is 1. The number of alkyl halides is 3. The smallest absolute Gasteiger partial charge is 0.416 e. The van der Waals surface area contributed by atoms with Gasteiger partial charge in [0.25, 0.3) is 0 Å². The number of thioether (sulfide) groups is 1. The largest absolute Gasteiger partial charge is 0.494 e. The molecule has 0 bridgehead atoms. The van der Waals surface area contributed by atoms with Crippen LogP contribution in [0.25, 0.3) is 11.1 Å². The summed E-state index contributed by atoms with van der Waals surface area (Å²) in [6.07, 6.45) is -1.55. The van der Waals surface area contributed by atoms with Crippen LogP contribution < -0.4 is 9.47 Å². The number of carboxylic acid groups (broad SMARTS) is 1. The second-order valence-electron chi connectivity index (χ2n) is 10.1. The molecule has 0 spiro atoms. The van der Waals surface area contributed by atoms with Gasteiger partial charge in [-0.2, -0.15) is 13.2 Å². The fourth-order valence-electron chi connectivity index (χ4n) is 4.87. The molecule has 220 valence electrons. The van der Waals surface area contributed by atoms with E-state index in [9.17, 15) is 26.4 Å². The van der Waals surface area contributed by atoms with Crippen molar-refractivity contribution in [3.8, 4) is 22.8 Å². The number of aromatic nitrogens is 1. The molecule has 0 saturated heterocycles. The highest BCUT2D eigenvalue weighted by Crippen LogP contribution is 2.42. The maximum absolute atomic E-state index is 13.9. The molecular formula is C29H30F3NO6S2. The molecule has 2 aromatic carbocycles. The van der Waals surface area contributed by atoms with E-state index in [4.69, 9.17) is 14.6 Å². The first-order valence-corrected chi connectivity index (χ1v) is 15.9. The zero-order valence-electron chi connectivity index (χ0n) is 22.7. The van der Waals surface area contributed by atoms with Crippen molar-refractivity contribution in [2.24, 2.45) is 0 Å². The van der Waals surface area contributed by atoms with Gasteiger partial charge in [-0.3, -0.25) is 4.79 Å². The minimum Gasteiger partial charge on any atom is -0.494 e. The minimum atomic E-state index is -4.59. The maximum atomic E-state index is 13.9. The number of ether oxygens (including phenoxy) is 2. The van der Waals surface area contributed by atoms with Gasteiger partial charge in [0.15, 0.2) is 0 Å². The summed E-state index contributed by atoms with van der Waals surface area (Å²) < 4.78 is 75.8. The molecule has 1 N–H and O–H groups in total. The van der Waals surface area contributed by atoms with Crippen molar-refractivity contribution in [1.82, 2.24) is 4.98 Å². The number of sulfone groups is 1. The molecule has 3 aromatic rings. The average molecular weight is 610 g/mol. The third-order valence-electron chi connectivity index (χ3n) is 6.68. The lowest BCUT2D eigenvalue weighted by molar-refractivity contribution is -0.139. The Hall–Kier alpha value is -3.25. The highest BCUT2D eigenvalue weighted by molar-refractivity contribution is 7.99. The number of hydrogen-bond donors (Lipinski definition) is 1. The fourth-order valence-corrected chi connectivity index (χ4v) is 6.76. The molecular weight excluding hydrogens is 579 g/mol. The van der Waals surface area contributed by atoms with Gasteiger partial charge in [0.1, 0.15) is 22.2 Å². The van der Waals surface area contributed by atoms with Crippen LogP contribution in [0.5, 0.6) is 11.6 Å². The highest BCUT2D eigenvalue weighted by atomic mass is 32.2. The van der Waals surface area contributed by atoms with Crippen LogP contribution in [0.4, 0.5) is 13.2 Å². The topological polar surface area (TPSA) is 103 Å². The van der Waals surface area contributed by atoms with Crippen LogP contribution in [0.15, 0.2) is 47.5 Å². The lowest BCUT2D eigenvalue weighted by Crippen LogP contribution is -2.12. The normalized spacial score (nSPS) is 15.0. The Balaban J connectivity index is 1.55. The molecule has 0 fully saturated rings. The van der Waals surface area contributed by atoms with Crippen LogP contribution in [0.3, 0.4) is 0 Å². The molecule has 1 aromatic heterocycles. The van der Waals surface area contributed by atoms with Crippen molar-refractivity contribution in [3.05, 3.63) is 70.4 Å². The molecule has 1 atom stereocenters. The number of fused-ring (bicyclic) bond motifs is 1. The zero-order chi connectivity index (χ0) is 29.9. The molecule has 1 aliphatic heterocycles. The lowest BCUT2D eigenvalue weighted by atomic mass is 9.92. The number of pyridine rings is 1. The Labute approximate surface area is 241 Å². The second kappa shape index (κ2) is 12.3. The molecule has 2 heterocycles. The molecule has 0 radical (unpaired) electrons. The summed E-state index contributed by atoms with van der Waals surface area (Å²) in [7, 11) is -3.08. The number of aliphatic carboxylic acids is 1. The predicted octanol–water partition coefficient (Wildman–Crippen LogP) is 6.44. The maximum Gasteiger partial charge on any atom is 0.416 e. The summed E-state index contributed by atoms with van der Waals surface area (Å²) in [5, 5.41) is 9.11. The van der Waals surface area contributed by atoms with Crippen LogP contribution in [-0.2, 0) is 27.4 Å². The molecule has 12 heteroatoms. The average Bonchev–Trinajstić information content (AvgIpc) is 3.25. The standard InChI is InChI=1S/C29H30F3NO6S2/c1-17-9-22(38-7-4-8-41(3,36)37)10-18(2)28(17)19-5-6-24(29(30,31)32)20(11-19)15-39-26-13-25-23(14-33-26)21(16-40-25)12-27(34)35/h5-6,9-11,13-14,21H,4,7-8,12,15-16H2,1-3H3,(H,34,35)/t21-/m1/s1. The minimum absolute atomic E-state index is 0.0151. The Morgan fingerprint density at radius 2 is 1.83 bits per heavy atom. The first-order valence-electron chi connectivity index (χ1n) is 12.8. The van der Waals surface area contributed by atoms with E-state index in [0.717, 1.165) is 33.2 Å². The van der Waals surface area contributed by atoms with Gasteiger partial charge < -0.3 is 14.6 Å². The van der Waals surface area contributed by atoms with Gasteiger partial charge >= 0.3 is 12.1 Å². The van der Waals surface area contributed by atoms with E-state index < -0.39 is 27.5 Å². The van der Waals surface area contributed by atoms with Gasteiger partial charge in [-0.05, 0) is 72.4 Å². The monoisotopic (exact) mass is 609 g/mol. The Bertz CT molecular complexity index is 1530. The van der Waals surface area contributed by atoms with Crippen molar-refractivity contribution in [1.29, 1.82) is 0 Å². The SMILES string of the molecule is Cc1cc(OCCCS(C)(=O)=O)cc(C)c1-c1ccc(C(F)(F)F)c(COc2cc3c(cn2)[C@H](CC(=O)O)CS3)c1. The van der Waals surface area contributed by atoms with E-state index in [1.54, 1.807) is 18.2 Å². The van der Waals surface area contributed by atoms with Crippen molar-refractivity contribution in [2.75, 3.05) is 24.4 Å². The summed E-state index contributed by atoms with van der Waals surface area (Å²) in [5.74, 6) is 0.258. The Kier molecular flexibility index (Phi) is 9.22. The summed E-state index contributed by atoms with van der Waals surface area (Å²) in [6, 6.07) is 9.14. The van der Waals surface area contributed by atoms with E-state index in [-0.39, 0.29) is 42.7 Å². The van der Waals surface area contributed by atoms with E-state index in [0.29, 0.717) is 23.5 Å². The Morgan fingerprint density at radius 1 is 1.12 bits per heavy atom. The Morgan fingerprint density at radius 3 is 2.46 bits per heavy atom.